The third kappa shape index (κ3) is 9.11. The molecular formula is C28H35FN6O2S. The number of benzene rings is 1. The molecule has 0 fully saturated rings. The molecule has 2 rings (SSSR count). The molecule has 1 aliphatic heterocycles. The lowest BCUT2D eigenvalue weighted by atomic mass is 10.1. The summed E-state index contributed by atoms with van der Waals surface area (Å²) in [6.45, 7) is 9.53. The highest BCUT2D eigenvalue weighted by Crippen LogP contribution is 2.22. The normalized spacial score (nSPS) is 16.4. The molecular weight excluding hydrogens is 503 g/mol. The van der Waals surface area contributed by atoms with Gasteiger partial charge in [-0.3, -0.25) is 4.79 Å². The van der Waals surface area contributed by atoms with E-state index in [1.165, 1.54) is 35.2 Å². The van der Waals surface area contributed by atoms with Crippen LogP contribution >= 0.6 is 11.9 Å². The van der Waals surface area contributed by atoms with Crippen molar-refractivity contribution in [2.45, 2.75) is 33.2 Å². The van der Waals surface area contributed by atoms with E-state index in [1.54, 1.807) is 37.5 Å². The molecule has 0 saturated carbocycles. The smallest absolute Gasteiger partial charge is 0.223 e. The Morgan fingerprint density at radius 1 is 1.39 bits per heavy atom. The minimum Gasteiger partial charge on any atom is -0.440 e. The van der Waals surface area contributed by atoms with Crippen LogP contribution in [0.2, 0.25) is 0 Å². The van der Waals surface area contributed by atoms with Gasteiger partial charge in [0.25, 0.3) is 0 Å². The van der Waals surface area contributed by atoms with Crippen molar-refractivity contribution in [3.63, 3.8) is 0 Å². The predicted molar refractivity (Wildman–Crippen MR) is 156 cm³/mol. The molecule has 4 N–H and O–H groups in total. The highest BCUT2D eigenvalue weighted by atomic mass is 32.2. The molecule has 0 aliphatic carbocycles. The Balaban J connectivity index is 2.40. The molecule has 1 atom stereocenters. The van der Waals surface area contributed by atoms with E-state index in [0.29, 0.717) is 18.7 Å². The van der Waals surface area contributed by atoms with Crippen LogP contribution < -0.4 is 20.5 Å². The average molecular weight is 539 g/mol. The first-order chi connectivity index (χ1) is 18.3. The number of allylic oxidation sites excluding steroid dienone is 6. The Morgan fingerprint density at radius 2 is 2.18 bits per heavy atom. The highest BCUT2D eigenvalue weighted by molar-refractivity contribution is 7.96. The van der Waals surface area contributed by atoms with E-state index in [2.05, 4.69) is 26.9 Å². The summed E-state index contributed by atoms with van der Waals surface area (Å²) in [5, 5.41) is 8.62. The van der Waals surface area contributed by atoms with Crippen molar-refractivity contribution in [3.8, 4) is 5.75 Å². The van der Waals surface area contributed by atoms with Crippen molar-refractivity contribution in [1.29, 1.82) is 0 Å². The number of carbonyl (C=O) groups is 1. The third-order valence-corrected chi connectivity index (χ3v) is 5.64. The molecule has 202 valence electrons. The molecule has 10 heteroatoms. The molecule has 1 aromatic carbocycles. The highest BCUT2D eigenvalue weighted by Gasteiger charge is 2.28. The molecule has 0 saturated heterocycles. The van der Waals surface area contributed by atoms with Crippen LogP contribution in [0.15, 0.2) is 106 Å². The lowest BCUT2D eigenvalue weighted by molar-refractivity contribution is -0.112. The van der Waals surface area contributed by atoms with Gasteiger partial charge in [0.1, 0.15) is 23.4 Å². The zero-order valence-electron chi connectivity index (χ0n) is 22.1. The van der Waals surface area contributed by atoms with Crippen molar-refractivity contribution in [2.75, 3.05) is 12.8 Å². The number of ether oxygens (including phenoxy) is 1. The fourth-order valence-corrected chi connectivity index (χ4v) is 3.54. The Bertz CT molecular complexity index is 1200. The van der Waals surface area contributed by atoms with E-state index < -0.39 is 11.9 Å². The summed E-state index contributed by atoms with van der Waals surface area (Å²) >= 11 is 1.47. The second kappa shape index (κ2) is 15.9. The van der Waals surface area contributed by atoms with Gasteiger partial charge in [-0.05, 0) is 57.6 Å². The fraction of sp³-hybridized carbons (Fsp3) is 0.250. The number of nitrogens with zero attached hydrogens (tertiary/aromatic N) is 3. The van der Waals surface area contributed by atoms with Crippen molar-refractivity contribution in [1.82, 2.24) is 15.0 Å². The topological polar surface area (TPSA) is 104 Å². The van der Waals surface area contributed by atoms with Gasteiger partial charge in [-0.25, -0.2) is 14.4 Å². The molecule has 0 spiro atoms. The number of hydrazone groups is 1. The first-order valence-electron chi connectivity index (χ1n) is 11.9. The van der Waals surface area contributed by atoms with E-state index in [1.807, 2.05) is 44.4 Å². The Kier molecular flexibility index (Phi) is 12.7. The number of nitrogens with one attached hydrogen (secondary N) is 2. The summed E-state index contributed by atoms with van der Waals surface area (Å²) in [5.74, 6) is -0.206. The maximum atomic E-state index is 13.8. The summed E-state index contributed by atoms with van der Waals surface area (Å²) in [7, 11) is 0. The van der Waals surface area contributed by atoms with Crippen LogP contribution in [-0.4, -0.2) is 42.2 Å². The van der Waals surface area contributed by atoms with Crippen LogP contribution in [0.1, 0.15) is 27.2 Å². The monoisotopic (exact) mass is 538 g/mol. The van der Waals surface area contributed by atoms with E-state index >= 15 is 0 Å². The van der Waals surface area contributed by atoms with Crippen LogP contribution in [0.5, 0.6) is 5.75 Å². The summed E-state index contributed by atoms with van der Waals surface area (Å²) in [5.41, 5.74) is 8.03. The van der Waals surface area contributed by atoms with Crippen molar-refractivity contribution >= 4 is 30.3 Å². The van der Waals surface area contributed by atoms with E-state index in [-0.39, 0.29) is 28.8 Å². The second-order valence-electron chi connectivity index (χ2n) is 8.05. The largest absolute Gasteiger partial charge is 0.440 e. The fourth-order valence-electron chi connectivity index (χ4n) is 3.31. The van der Waals surface area contributed by atoms with E-state index in [9.17, 15) is 9.18 Å². The summed E-state index contributed by atoms with van der Waals surface area (Å²) < 4.78 is 22.7. The number of aliphatic imine (C=N–C) groups is 1. The lowest BCUT2D eigenvalue weighted by Gasteiger charge is -2.28. The maximum absolute atomic E-state index is 13.8. The van der Waals surface area contributed by atoms with Gasteiger partial charge in [-0.1, -0.05) is 41.8 Å². The standard InChI is InChI=1S/C28H35FN6O2S/c1-6-7-8-13-24(32-15-10-16-34-38-5)26(36)21(3)27(30)35(31-4)25-18-20(2)14-17-33-28(25)37-23-12-9-11-22(29)19-23/h6-7,9-14,16-19,25,32,34H,4,8,15,30H2,1-3,5H3/b7-6+,16-10+,24-13-,27-21+. The van der Waals surface area contributed by atoms with Gasteiger partial charge in [-0.15, -0.1) is 0 Å². The van der Waals surface area contributed by atoms with Crippen LogP contribution in [0.3, 0.4) is 0 Å². The predicted octanol–water partition coefficient (Wildman–Crippen LogP) is 4.94. The van der Waals surface area contributed by atoms with Gasteiger partial charge in [0, 0.05) is 43.6 Å². The molecule has 38 heavy (non-hydrogen) atoms. The lowest BCUT2D eigenvalue weighted by Crippen LogP contribution is -2.41. The number of Topliss-reactive ketones (excluding diaryl/α,β-unsaturated/α-hetero) is 1. The minimum atomic E-state index is -0.738. The molecule has 1 heterocycles. The quantitative estimate of drug-likeness (QED) is 0.107. The Hall–Kier alpha value is -4.05. The maximum Gasteiger partial charge on any atom is 0.223 e. The molecule has 0 radical (unpaired) electrons. The zero-order chi connectivity index (χ0) is 27.9. The van der Waals surface area contributed by atoms with Crippen LogP contribution in [0.25, 0.3) is 0 Å². The van der Waals surface area contributed by atoms with Crippen LogP contribution in [0, 0.1) is 5.82 Å². The summed E-state index contributed by atoms with van der Waals surface area (Å²) in [6, 6.07) is 4.99. The summed E-state index contributed by atoms with van der Waals surface area (Å²) in [6.07, 6.45) is 17.0. The van der Waals surface area contributed by atoms with Crippen LogP contribution in [-0.2, 0) is 4.79 Å². The van der Waals surface area contributed by atoms with Gasteiger partial charge in [0.15, 0.2) is 0 Å². The first kappa shape index (κ1) is 30.2. The van der Waals surface area contributed by atoms with Gasteiger partial charge < -0.3 is 20.5 Å². The van der Waals surface area contributed by atoms with Crippen molar-refractivity contribution in [2.24, 2.45) is 15.8 Å². The van der Waals surface area contributed by atoms with Gasteiger partial charge in [0.05, 0.1) is 5.70 Å². The molecule has 0 aromatic heterocycles. The molecule has 0 amide bonds. The number of carbonyl (C=O) groups excluding carboxylic acids is 1. The number of nitrogens with two attached hydrogens (primary N) is 1. The SMILES string of the molecule is C=NN(/C(N)=C(\C)C(=O)/C(=C/C/C=C/C)NC/C=C/NSC)C1C=C(C)C=CN=C1Oc1cccc(F)c1. The zero-order valence-corrected chi connectivity index (χ0v) is 23.0. The van der Waals surface area contributed by atoms with Crippen LogP contribution in [0.4, 0.5) is 4.39 Å². The van der Waals surface area contributed by atoms with Crippen molar-refractivity contribution in [3.05, 3.63) is 102 Å². The van der Waals surface area contributed by atoms with Gasteiger partial charge in [0.2, 0.25) is 11.7 Å². The molecule has 1 unspecified atom stereocenters. The molecule has 8 nitrogen and oxygen atoms in total. The molecule has 1 aromatic rings. The van der Waals surface area contributed by atoms with E-state index in [4.69, 9.17) is 10.5 Å². The Morgan fingerprint density at radius 3 is 2.87 bits per heavy atom. The molecule has 0 bridgehead atoms. The number of halogens is 1. The summed E-state index contributed by atoms with van der Waals surface area (Å²) in [4.78, 5) is 17.9. The second-order valence-corrected chi connectivity index (χ2v) is 8.70. The number of hydrogen-bond acceptors (Lipinski definition) is 9. The van der Waals surface area contributed by atoms with Gasteiger partial charge in [-0.2, -0.15) is 5.10 Å². The number of rotatable bonds is 13. The molecule has 1 aliphatic rings. The Labute approximate surface area is 228 Å². The average Bonchev–Trinajstić information content (AvgIpc) is 3.08. The minimum absolute atomic E-state index is 0.0785. The first-order valence-corrected chi connectivity index (χ1v) is 13.2. The van der Waals surface area contributed by atoms with Crippen molar-refractivity contribution < 1.29 is 13.9 Å². The number of ketones is 1. The third-order valence-electron chi connectivity index (χ3n) is 5.27. The van der Waals surface area contributed by atoms with Gasteiger partial charge >= 0.3 is 0 Å². The number of hydrogen-bond donors (Lipinski definition) is 3. The van der Waals surface area contributed by atoms with E-state index in [0.717, 1.165) is 5.57 Å².